The van der Waals surface area contributed by atoms with Crippen LogP contribution >= 0.6 is 0 Å². The molecule has 2 N–H and O–H groups in total. The fraction of sp³-hybridized carbons (Fsp3) is 0.375. The van der Waals surface area contributed by atoms with E-state index in [0.29, 0.717) is 11.8 Å². The average Bonchev–Trinajstić information content (AvgIpc) is 2.63. The second-order valence-electron chi connectivity index (χ2n) is 5.22. The molecule has 17 heavy (non-hydrogen) atoms. The van der Waals surface area contributed by atoms with E-state index >= 15 is 0 Å². The number of nitrogens with two attached hydrogens (primary N) is 1. The van der Waals surface area contributed by atoms with Crippen molar-refractivity contribution in [3.63, 3.8) is 0 Å². The van der Waals surface area contributed by atoms with Crippen molar-refractivity contribution in [2.75, 3.05) is 5.73 Å². The molecular formula is C16H19N. The summed E-state index contributed by atoms with van der Waals surface area (Å²) in [6, 6.07) is 6.42. The predicted molar refractivity (Wildman–Crippen MR) is 73.7 cm³/mol. The van der Waals surface area contributed by atoms with Gasteiger partial charge in [0, 0.05) is 11.6 Å². The van der Waals surface area contributed by atoms with Gasteiger partial charge in [0.05, 0.1) is 0 Å². The van der Waals surface area contributed by atoms with E-state index in [9.17, 15) is 0 Å². The van der Waals surface area contributed by atoms with Crippen LogP contribution in [0.25, 0.3) is 5.57 Å². The topological polar surface area (TPSA) is 26.0 Å². The zero-order chi connectivity index (χ0) is 12.0. The average molecular weight is 225 g/mol. The Morgan fingerprint density at radius 2 is 2.18 bits per heavy atom. The van der Waals surface area contributed by atoms with Gasteiger partial charge >= 0.3 is 0 Å². The maximum Gasteiger partial charge on any atom is 0.0317 e. The van der Waals surface area contributed by atoms with Gasteiger partial charge in [-0.3, -0.25) is 0 Å². The smallest absolute Gasteiger partial charge is 0.0317 e. The molecule has 3 rings (SSSR count). The summed E-state index contributed by atoms with van der Waals surface area (Å²) in [7, 11) is 0. The summed E-state index contributed by atoms with van der Waals surface area (Å²) in [5.74, 6) is 1.21. The molecule has 0 spiro atoms. The number of allylic oxidation sites excluding steroid dienone is 4. The molecule has 0 aromatic heterocycles. The number of anilines is 1. The van der Waals surface area contributed by atoms with Crippen molar-refractivity contribution >= 4 is 11.3 Å². The van der Waals surface area contributed by atoms with Crippen molar-refractivity contribution in [1.82, 2.24) is 0 Å². The van der Waals surface area contributed by atoms with Crippen LogP contribution in [0, 0.1) is 5.92 Å². The molecule has 2 aliphatic carbocycles. The normalized spacial score (nSPS) is 26.0. The Morgan fingerprint density at radius 1 is 1.35 bits per heavy atom. The highest BCUT2D eigenvalue weighted by Crippen LogP contribution is 2.50. The Kier molecular flexibility index (Phi) is 2.36. The third-order valence-corrected chi connectivity index (χ3v) is 4.12. The second-order valence-corrected chi connectivity index (χ2v) is 5.22. The third kappa shape index (κ3) is 1.45. The standard InChI is InChI=1S/C16H19N/c1-3-12-13-6-4-5-10(2)16(13)14-8-7-11(17)9-15(12)14/h4,6-10,12H,3,5,17H2,1-2H3. The lowest BCUT2D eigenvalue weighted by Gasteiger charge is -2.19. The number of nitrogen functional groups attached to an aromatic ring is 1. The van der Waals surface area contributed by atoms with Crippen molar-refractivity contribution < 1.29 is 0 Å². The van der Waals surface area contributed by atoms with Gasteiger partial charge in [-0.05, 0) is 53.2 Å². The highest BCUT2D eigenvalue weighted by atomic mass is 14.5. The van der Waals surface area contributed by atoms with Crippen LogP contribution < -0.4 is 5.73 Å². The molecule has 0 saturated heterocycles. The van der Waals surface area contributed by atoms with Crippen LogP contribution in [0.3, 0.4) is 0 Å². The lowest BCUT2D eigenvalue weighted by atomic mass is 9.86. The number of hydrogen-bond donors (Lipinski definition) is 1. The molecular weight excluding hydrogens is 206 g/mol. The zero-order valence-electron chi connectivity index (χ0n) is 10.5. The van der Waals surface area contributed by atoms with E-state index in [1.807, 2.05) is 6.07 Å². The summed E-state index contributed by atoms with van der Waals surface area (Å²) >= 11 is 0. The second kappa shape index (κ2) is 3.76. The van der Waals surface area contributed by atoms with Crippen LogP contribution in [0.4, 0.5) is 5.69 Å². The van der Waals surface area contributed by atoms with Gasteiger partial charge in [0.1, 0.15) is 0 Å². The highest BCUT2D eigenvalue weighted by molar-refractivity contribution is 5.83. The molecule has 88 valence electrons. The van der Waals surface area contributed by atoms with Crippen molar-refractivity contribution in [2.24, 2.45) is 5.92 Å². The van der Waals surface area contributed by atoms with Crippen molar-refractivity contribution in [1.29, 1.82) is 0 Å². The van der Waals surface area contributed by atoms with E-state index in [4.69, 9.17) is 5.73 Å². The van der Waals surface area contributed by atoms with Crippen LogP contribution in [-0.4, -0.2) is 0 Å². The summed E-state index contributed by atoms with van der Waals surface area (Å²) in [5, 5.41) is 0. The minimum Gasteiger partial charge on any atom is -0.399 e. The summed E-state index contributed by atoms with van der Waals surface area (Å²) < 4.78 is 0. The van der Waals surface area contributed by atoms with Gasteiger partial charge in [-0.2, -0.15) is 0 Å². The van der Waals surface area contributed by atoms with Crippen molar-refractivity contribution in [2.45, 2.75) is 32.6 Å². The summed E-state index contributed by atoms with van der Waals surface area (Å²) in [6.45, 7) is 4.59. The van der Waals surface area contributed by atoms with Crippen LogP contribution in [0.5, 0.6) is 0 Å². The van der Waals surface area contributed by atoms with E-state index in [2.05, 4.69) is 38.1 Å². The molecule has 0 radical (unpaired) electrons. The van der Waals surface area contributed by atoms with Gasteiger partial charge in [-0.15, -0.1) is 0 Å². The fourth-order valence-corrected chi connectivity index (χ4v) is 3.34. The van der Waals surface area contributed by atoms with E-state index < -0.39 is 0 Å². The maximum absolute atomic E-state index is 5.94. The molecule has 1 aromatic carbocycles. The fourth-order valence-electron chi connectivity index (χ4n) is 3.34. The van der Waals surface area contributed by atoms with E-state index in [0.717, 1.165) is 12.1 Å². The maximum atomic E-state index is 5.94. The number of fused-ring (bicyclic) bond motifs is 2. The molecule has 1 heteroatoms. The first-order chi connectivity index (χ1) is 8.22. The van der Waals surface area contributed by atoms with Gasteiger partial charge in [0.25, 0.3) is 0 Å². The minimum absolute atomic E-state index is 0.558. The van der Waals surface area contributed by atoms with Gasteiger partial charge < -0.3 is 5.73 Å². The first-order valence-electron chi connectivity index (χ1n) is 6.52. The first kappa shape index (κ1) is 10.6. The third-order valence-electron chi connectivity index (χ3n) is 4.12. The molecule has 2 unspecified atom stereocenters. The molecule has 0 amide bonds. The van der Waals surface area contributed by atoms with Crippen LogP contribution in [0.1, 0.15) is 43.7 Å². The van der Waals surface area contributed by atoms with Gasteiger partial charge in [-0.1, -0.05) is 32.1 Å². The quantitative estimate of drug-likeness (QED) is 0.715. The number of rotatable bonds is 1. The summed E-state index contributed by atoms with van der Waals surface area (Å²) in [4.78, 5) is 0. The van der Waals surface area contributed by atoms with Gasteiger partial charge in [0.2, 0.25) is 0 Å². The molecule has 1 nitrogen and oxygen atoms in total. The lowest BCUT2D eigenvalue weighted by Crippen LogP contribution is -2.02. The van der Waals surface area contributed by atoms with E-state index in [1.54, 1.807) is 5.57 Å². The predicted octanol–water partition coefficient (Wildman–Crippen LogP) is 4.13. The van der Waals surface area contributed by atoms with E-state index in [-0.39, 0.29) is 0 Å². The number of hydrogen-bond acceptors (Lipinski definition) is 1. The minimum atomic E-state index is 0.558. The van der Waals surface area contributed by atoms with Crippen molar-refractivity contribution in [3.8, 4) is 0 Å². The van der Waals surface area contributed by atoms with Gasteiger partial charge in [-0.25, -0.2) is 0 Å². The SMILES string of the molecule is CCC1C2=C(c3ccc(N)cc31)C(C)CC=C2. The molecule has 0 heterocycles. The number of benzene rings is 1. The Morgan fingerprint density at radius 3 is 2.94 bits per heavy atom. The summed E-state index contributed by atoms with van der Waals surface area (Å²) in [5.41, 5.74) is 12.8. The van der Waals surface area contributed by atoms with Crippen molar-refractivity contribution in [3.05, 3.63) is 47.1 Å². The summed E-state index contributed by atoms with van der Waals surface area (Å²) in [6.07, 6.45) is 6.98. The Labute approximate surface area is 103 Å². The molecule has 2 atom stereocenters. The molecule has 0 bridgehead atoms. The first-order valence-corrected chi connectivity index (χ1v) is 6.52. The highest BCUT2D eigenvalue weighted by Gasteiger charge is 2.32. The molecule has 0 fully saturated rings. The van der Waals surface area contributed by atoms with Crippen LogP contribution in [0.15, 0.2) is 35.9 Å². The molecule has 0 aliphatic heterocycles. The van der Waals surface area contributed by atoms with Gasteiger partial charge in [0.15, 0.2) is 0 Å². The molecule has 2 aliphatic rings. The largest absolute Gasteiger partial charge is 0.399 e. The molecule has 1 aromatic rings. The van der Waals surface area contributed by atoms with Crippen LogP contribution in [0.2, 0.25) is 0 Å². The zero-order valence-corrected chi connectivity index (χ0v) is 10.5. The Hall–Kier alpha value is -1.50. The van der Waals surface area contributed by atoms with E-state index in [1.165, 1.54) is 23.1 Å². The Bertz CT molecular complexity index is 522. The van der Waals surface area contributed by atoms with Crippen LogP contribution in [-0.2, 0) is 0 Å². The molecule has 0 saturated carbocycles. The monoisotopic (exact) mass is 225 g/mol. The lowest BCUT2D eigenvalue weighted by molar-refractivity contribution is 0.736. The Balaban J connectivity index is 2.22.